The molecular formula is C15H20F2N4. The Morgan fingerprint density at radius 2 is 1.86 bits per heavy atom. The van der Waals surface area contributed by atoms with Gasteiger partial charge in [0.1, 0.15) is 0 Å². The second kappa shape index (κ2) is 5.52. The predicted octanol–water partition coefficient (Wildman–Crippen LogP) is 2.83. The van der Waals surface area contributed by atoms with Crippen LogP contribution in [0.1, 0.15) is 6.55 Å². The van der Waals surface area contributed by atoms with Crippen LogP contribution in [0.25, 0.3) is 10.9 Å². The van der Waals surface area contributed by atoms with Crippen LogP contribution in [0.15, 0.2) is 24.4 Å². The van der Waals surface area contributed by atoms with Gasteiger partial charge in [-0.3, -0.25) is 4.57 Å². The van der Waals surface area contributed by atoms with E-state index in [-0.39, 0.29) is 0 Å². The number of piperazine rings is 1. The van der Waals surface area contributed by atoms with E-state index in [1.54, 1.807) is 7.05 Å². The molecule has 0 aliphatic carbocycles. The summed E-state index contributed by atoms with van der Waals surface area (Å²) in [6.07, 6.45) is 1.48. The van der Waals surface area contributed by atoms with E-state index < -0.39 is 6.55 Å². The first-order chi connectivity index (χ1) is 10.1. The van der Waals surface area contributed by atoms with Crippen LogP contribution in [0.5, 0.6) is 0 Å². The first-order valence-electron chi connectivity index (χ1n) is 7.14. The van der Waals surface area contributed by atoms with Crippen LogP contribution in [0.4, 0.5) is 20.2 Å². The molecule has 21 heavy (non-hydrogen) atoms. The Balaban J connectivity index is 2.00. The van der Waals surface area contributed by atoms with Crippen LogP contribution < -0.4 is 10.2 Å². The van der Waals surface area contributed by atoms with E-state index in [1.165, 1.54) is 6.20 Å². The van der Waals surface area contributed by atoms with E-state index in [2.05, 4.69) is 22.2 Å². The number of rotatable bonds is 3. The monoisotopic (exact) mass is 294 g/mol. The number of benzene rings is 1. The minimum Gasteiger partial charge on any atom is -0.386 e. The molecule has 114 valence electrons. The third-order valence-corrected chi connectivity index (χ3v) is 4.17. The number of likely N-dealkylation sites (N-methyl/N-ethyl adjacent to an activating group) is 1. The van der Waals surface area contributed by atoms with E-state index in [1.807, 2.05) is 18.2 Å². The number of nitrogens with zero attached hydrogens (tertiary/aromatic N) is 3. The first-order valence-corrected chi connectivity index (χ1v) is 7.14. The molecule has 0 amide bonds. The molecule has 2 aromatic rings. The maximum absolute atomic E-state index is 13.2. The van der Waals surface area contributed by atoms with Crippen molar-refractivity contribution in [3.63, 3.8) is 0 Å². The second-order valence-corrected chi connectivity index (χ2v) is 5.47. The van der Waals surface area contributed by atoms with Crippen molar-refractivity contribution in [1.29, 1.82) is 0 Å². The molecule has 3 rings (SSSR count). The van der Waals surface area contributed by atoms with Crippen molar-refractivity contribution in [3.05, 3.63) is 24.4 Å². The zero-order valence-electron chi connectivity index (χ0n) is 12.3. The maximum Gasteiger partial charge on any atom is 0.319 e. The summed E-state index contributed by atoms with van der Waals surface area (Å²) < 4.78 is 27.4. The van der Waals surface area contributed by atoms with Crippen molar-refractivity contribution in [2.75, 3.05) is 50.5 Å². The summed E-state index contributed by atoms with van der Waals surface area (Å²) in [5, 5.41) is 3.80. The number of fused-ring (bicyclic) bond motifs is 1. The molecule has 0 spiro atoms. The molecule has 1 N–H and O–H groups in total. The number of hydrogen-bond acceptors (Lipinski definition) is 3. The van der Waals surface area contributed by atoms with Crippen molar-refractivity contribution >= 4 is 22.3 Å². The summed E-state index contributed by atoms with van der Waals surface area (Å²) in [6.45, 7) is 1.31. The maximum atomic E-state index is 13.2. The zero-order chi connectivity index (χ0) is 15.0. The first kappa shape index (κ1) is 14.1. The Bertz CT molecular complexity index is 630. The molecule has 1 fully saturated rings. The largest absolute Gasteiger partial charge is 0.386 e. The van der Waals surface area contributed by atoms with Gasteiger partial charge in [-0.2, -0.15) is 8.78 Å². The summed E-state index contributed by atoms with van der Waals surface area (Å²) in [6, 6.07) is 5.81. The van der Waals surface area contributed by atoms with Crippen LogP contribution >= 0.6 is 0 Å². The van der Waals surface area contributed by atoms with Gasteiger partial charge < -0.3 is 15.1 Å². The van der Waals surface area contributed by atoms with E-state index in [0.717, 1.165) is 47.5 Å². The van der Waals surface area contributed by atoms with Gasteiger partial charge in [0.2, 0.25) is 0 Å². The van der Waals surface area contributed by atoms with Gasteiger partial charge in [0, 0.05) is 50.5 Å². The van der Waals surface area contributed by atoms with Crippen LogP contribution in [-0.4, -0.2) is 49.7 Å². The standard InChI is InChI=1S/C15H20F2N4/c1-18-13-10-21(15(16)17)14-9-11(3-4-12(13)14)20-7-5-19(2)6-8-20/h3-4,9-10,15,18H,5-8H2,1-2H3. The highest BCUT2D eigenvalue weighted by molar-refractivity contribution is 5.95. The van der Waals surface area contributed by atoms with Gasteiger partial charge in [-0.1, -0.05) is 0 Å². The third-order valence-electron chi connectivity index (χ3n) is 4.17. The summed E-state index contributed by atoms with van der Waals surface area (Å²) >= 11 is 0. The lowest BCUT2D eigenvalue weighted by Gasteiger charge is -2.34. The van der Waals surface area contributed by atoms with Crippen molar-refractivity contribution in [1.82, 2.24) is 9.47 Å². The fourth-order valence-corrected chi connectivity index (χ4v) is 2.86. The lowest BCUT2D eigenvalue weighted by atomic mass is 10.2. The number of aromatic nitrogens is 1. The molecule has 4 nitrogen and oxygen atoms in total. The van der Waals surface area contributed by atoms with Gasteiger partial charge in [-0.05, 0) is 25.2 Å². The van der Waals surface area contributed by atoms with Crippen LogP contribution in [0.3, 0.4) is 0 Å². The molecule has 0 saturated carbocycles. The van der Waals surface area contributed by atoms with Crippen molar-refractivity contribution in [3.8, 4) is 0 Å². The Morgan fingerprint density at radius 3 is 2.48 bits per heavy atom. The summed E-state index contributed by atoms with van der Waals surface area (Å²) in [4.78, 5) is 4.53. The SMILES string of the molecule is CNc1cn(C(F)F)c2cc(N3CCN(C)CC3)ccc12. The Hall–Kier alpha value is -1.82. The number of anilines is 2. The number of halogens is 2. The summed E-state index contributed by atoms with van der Waals surface area (Å²) in [5.41, 5.74) is 2.32. The Kier molecular flexibility index (Phi) is 3.71. The quantitative estimate of drug-likeness (QED) is 0.941. The highest BCUT2D eigenvalue weighted by atomic mass is 19.3. The van der Waals surface area contributed by atoms with E-state index in [9.17, 15) is 8.78 Å². The van der Waals surface area contributed by atoms with Gasteiger partial charge >= 0.3 is 6.55 Å². The smallest absolute Gasteiger partial charge is 0.319 e. The normalized spacial score (nSPS) is 16.9. The van der Waals surface area contributed by atoms with Crippen LogP contribution in [0.2, 0.25) is 0 Å². The number of alkyl halides is 2. The Labute approximate surface area is 122 Å². The lowest BCUT2D eigenvalue weighted by Crippen LogP contribution is -2.44. The van der Waals surface area contributed by atoms with Crippen molar-refractivity contribution in [2.24, 2.45) is 0 Å². The van der Waals surface area contributed by atoms with Gasteiger partial charge in [0.05, 0.1) is 11.2 Å². The Morgan fingerprint density at radius 1 is 1.14 bits per heavy atom. The molecule has 1 aromatic heterocycles. The second-order valence-electron chi connectivity index (χ2n) is 5.47. The van der Waals surface area contributed by atoms with Crippen LogP contribution in [0, 0.1) is 0 Å². The lowest BCUT2D eigenvalue weighted by molar-refractivity contribution is 0.0753. The van der Waals surface area contributed by atoms with E-state index >= 15 is 0 Å². The summed E-state index contributed by atoms with van der Waals surface area (Å²) in [7, 11) is 3.85. The molecule has 1 aliphatic rings. The van der Waals surface area contributed by atoms with Gasteiger partial charge in [-0.25, -0.2) is 0 Å². The molecule has 0 radical (unpaired) electrons. The highest BCUT2D eigenvalue weighted by Gasteiger charge is 2.18. The third kappa shape index (κ3) is 2.55. The van der Waals surface area contributed by atoms with Crippen LogP contribution in [-0.2, 0) is 0 Å². The molecule has 1 aliphatic heterocycles. The van der Waals surface area contributed by atoms with Gasteiger partial charge in [0.25, 0.3) is 0 Å². The van der Waals surface area contributed by atoms with E-state index in [0.29, 0.717) is 5.52 Å². The average Bonchev–Trinajstić information content (AvgIpc) is 2.86. The molecular weight excluding hydrogens is 274 g/mol. The van der Waals surface area contributed by atoms with Crippen molar-refractivity contribution < 1.29 is 8.78 Å². The number of nitrogens with one attached hydrogen (secondary N) is 1. The van der Waals surface area contributed by atoms with Gasteiger partial charge in [-0.15, -0.1) is 0 Å². The minimum atomic E-state index is -2.53. The fourth-order valence-electron chi connectivity index (χ4n) is 2.86. The average molecular weight is 294 g/mol. The van der Waals surface area contributed by atoms with Crippen molar-refractivity contribution in [2.45, 2.75) is 6.55 Å². The fraction of sp³-hybridized carbons (Fsp3) is 0.467. The van der Waals surface area contributed by atoms with E-state index in [4.69, 9.17) is 0 Å². The molecule has 6 heteroatoms. The molecule has 0 atom stereocenters. The number of hydrogen-bond donors (Lipinski definition) is 1. The molecule has 0 bridgehead atoms. The zero-order valence-corrected chi connectivity index (χ0v) is 12.3. The molecule has 1 aromatic carbocycles. The molecule has 2 heterocycles. The highest BCUT2D eigenvalue weighted by Crippen LogP contribution is 2.32. The molecule has 1 saturated heterocycles. The van der Waals surface area contributed by atoms with Gasteiger partial charge in [0.15, 0.2) is 0 Å². The topological polar surface area (TPSA) is 23.4 Å². The molecule has 0 unspecified atom stereocenters. The summed E-state index contributed by atoms with van der Waals surface area (Å²) in [5.74, 6) is 0. The minimum absolute atomic E-state index is 0.575. The predicted molar refractivity (Wildman–Crippen MR) is 82.4 cm³/mol.